The van der Waals surface area contributed by atoms with Crippen LogP contribution in [0.2, 0.25) is 0 Å². The van der Waals surface area contributed by atoms with Crippen LogP contribution in [0, 0.1) is 0 Å². The molecule has 0 bridgehead atoms. The Labute approximate surface area is 147 Å². The Morgan fingerprint density at radius 2 is 0.880 bits per heavy atom. The van der Waals surface area contributed by atoms with Crippen molar-refractivity contribution in [3.8, 4) is 0 Å². The number of carboxylic acid groups (broad SMARTS) is 4. The normalized spacial score (nSPS) is 8.00. The molecule has 0 saturated heterocycles. The summed E-state index contributed by atoms with van der Waals surface area (Å²) >= 11 is 0. The van der Waals surface area contributed by atoms with E-state index < -0.39 is 23.9 Å². The Balaban J connectivity index is -0.0000000434. The number of hydrogen-bond donors (Lipinski definition) is 7. The highest BCUT2D eigenvalue weighted by Crippen LogP contribution is 1.67. The first-order valence-corrected chi connectivity index (χ1v) is 6.50. The third-order valence-corrected chi connectivity index (χ3v) is 0.472. The molecule has 0 rings (SSSR count). The van der Waals surface area contributed by atoms with E-state index in [-0.39, 0.29) is 19.3 Å². The summed E-state index contributed by atoms with van der Waals surface area (Å²) in [6, 6.07) is 0.148. The van der Waals surface area contributed by atoms with Crippen molar-refractivity contribution in [2.45, 2.75) is 40.7 Å². The lowest BCUT2D eigenvalue weighted by Gasteiger charge is -1.85. The Bertz CT molecular complexity index is 264. The summed E-state index contributed by atoms with van der Waals surface area (Å²) in [6.45, 7) is 9.40. The van der Waals surface area contributed by atoms with E-state index in [4.69, 9.17) is 55.6 Å². The zero-order chi connectivity index (χ0) is 22.0. The summed E-state index contributed by atoms with van der Waals surface area (Å²) in [5.74, 6) is -3.33. The fourth-order valence-corrected chi connectivity index (χ4v) is 0. The van der Waals surface area contributed by atoms with Crippen LogP contribution in [0.25, 0.3) is 0 Å². The third-order valence-electron chi connectivity index (χ3n) is 0.472. The molecule has 0 spiro atoms. The number of hydrogen-bond acceptors (Lipinski definition) is 7. The van der Waals surface area contributed by atoms with E-state index in [2.05, 4.69) is 6.58 Å². The maximum absolute atomic E-state index is 9.00. The molecule has 0 aliphatic rings. The van der Waals surface area contributed by atoms with Crippen LogP contribution in [-0.2, 0) is 19.2 Å². The summed E-state index contributed by atoms with van der Waals surface area (Å²) in [4.78, 5) is 36.0. The van der Waals surface area contributed by atoms with Gasteiger partial charge in [0.15, 0.2) is 0 Å². The summed E-state index contributed by atoms with van der Waals surface area (Å²) in [5, 5.41) is 44.9. The van der Waals surface area contributed by atoms with Crippen molar-refractivity contribution in [1.29, 1.82) is 0 Å². The van der Waals surface area contributed by atoms with Crippen LogP contribution in [0.4, 0.5) is 0 Å². The number of aliphatic hydroxyl groups is 2. The van der Waals surface area contributed by atoms with E-state index >= 15 is 0 Å². The second-order valence-electron chi connectivity index (χ2n) is 3.62. The van der Waals surface area contributed by atoms with Gasteiger partial charge in [-0.1, -0.05) is 6.08 Å². The van der Waals surface area contributed by atoms with Crippen molar-refractivity contribution >= 4 is 23.9 Å². The molecule has 0 heterocycles. The first-order valence-electron chi connectivity index (χ1n) is 6.50. The fourth-order valence-electron chi connectivity index (χ4n) is 0. The van der Waals surface area contributed by atoms with E-state index in [1.54, 1.807) is 6.08 Å². The fraction of sp³-hybridized carbons (Fsp3) is 0.571. The number of rotatable bonds is 2. The summed E-state index contributed by atoms with van der Waals surface area (Å²) in [7, 11) is 0. The Kier molecular flexibility index (Phi) is 57.5. The minimum Gasteiger partial charge on any atom is -0.481 e. The highest BCUT2D eigenvalue weighted by atomic mass is 16.4. The average molecular weight is 373 g/mol. The second kappa shape index (κ2) is 37.6. The van der Waals surface area contributed by atoms with Gasteiger partial charge < -0.3 is 36.4 Å². The lowest BCUT2D eigenvalue weighted by Crippen LogP contribution is -2.09. The van der Waals surface area contributed by atoms with Crippen molar-refractivity contribution in [2.24, 2.45) is 5.73 Å². The highest BCUT2D eigenvalue weighted by Gasteiger charge is 1.73. The molecule has 8 N–H and O–H groups in total. The SMILES string of the molecule is C=CC(C)N.CC(=O)O.CC(=O)O.CC(=O)O.CC(=O)O.OCCO. The molecule has 0 aromatic carbocycles. The van der Waals surface area contributed by atoms with Gasteiger partial charge in [0.1, 0.15) is 0 Å². The van der Waals surface area contributed by atoms with E-state index in [9.17, 15) is 0 Å². The number of carbonyl (C=O) groups is 4. The van der Waals surface area contributed by atoms with Gasteiger partial charge in [-0.05, 0) is 6.92 Å². The van der Waals surface area contributed by atoms with E-state index in [1.165, 1.54) is 0 Å². The third kappa shape index (κ3) is 32700. The van der Waals surface area contributed by atoms with E-state index in [0.717, 1.165) is 27.7 Å². The minimum atomic E-state index is -0.833. The van der Waals surface area contributed by atoms with Gasteiger partial charge in [-0.2, -0.15) is 0 Å². The predicted octanol–water partition coefficient (Wildman–Crippen LogP) is -0.146. The lowest BCUT2D eigenvalue weighted by molar-refractivity contribution is -0.135. The molecule has 1 unspecified atom stereocenters. The van der Waals surface area contributed by atoms with Crippen molar-refractivity contribution in [3.05, 3.63) is 12.7 Å². The largest absolute Gasteiger partial charge is 0.481 e. The molecule has 11 nitrogen and oxygen atoms in total. The molecule has 25 heavy (non-hydrogen) atoms. The van der Waals surface area contributed by atoms with Gasteiger partial charge in [-0.25, -0.2) is 0 Å². The van der Waals surface area contributed by atoms with Crippen LogP contribution in [0.3, 0.4) is 0 Å². The van der Waals surface area contributed by atoms with Crippen LogP contribution in [-0.4, -0.2) is 73.8 Å². The molecule has 11 heteroatoms. The monoisotopic (exact) mass is 373 g/mol. The number of nitrogens with two attached hydrogens (primary N) is 1. The van der Waals surface area contributed by atoms with Crippen LogP contribution < -0.4 is 5.73 Å². The van der Waals surface area contributed by atoms with Crippen LogP contribution >= 0.6 is 0 Å². The quantitative estimate of drug-likeness (QED) is 0.316. The maximum Gasteiger partial charge on any atom is 0.300 e. The molecule has 0 aliphatic heterocycles. The predicted molar refractivity (Wildman–Crippen MR) is 91.3 cm³/mol. The summed E-state index contributed by atoms with van der Waals surface area (Å²) in [5.41, 5.74) is 5.17. The molecular formula is C14H31NO10. The van der Waals surface area contributed by atoms with Crippen LogP contribution in [0.5, 0.6) is 0 Å². The van der Waals surface area contributed by atoms with Crippen LogP contribution in [0.1, 0.15) is 34.6 Å². The molecule has 0 radical (unpaired) electrons. The molecule has 0 aliphatic carbocycles. The minimum absolute atomic E-state index is 0.125. The summed E-state index contributed by atoms with van der Waals surface area (Å²) < 4.78 is 0. The molecule has 0 aromatic heterocycles. The average Bonchev–Trinajstić information content (AvgIpc) is 2.36. The molecule has 0 saturated carbocycles. The van der Waals surface area contributed by atoms with E-state index in [0.29, 0.717) is 0 Å². The molecule has 1 atom stereocenters. The summed E-state index contributed by atoms with van der Waals surface area (Å²) in [6.07, 6.45) is 1.69. The number of carboxylic acids is 4. The Hall–Kier alpha value is -2.50. The molecule has 0 fully saturated rings. The number of aliphatic hydroxyl groups excluding tert-OH is 2. The van der Waals surface area contributed by atoms with Gasteiger partial charge in [-0.15, -0.1) is 6.58 Å². The first-order chi connectivity index (χ1) is 11.1. The number of aliphatic carboxylic acids is 4. The van der Waals surface area contributed by atoms with Gasteiger partial charge in [0.2, 0.25) is 0 Å². The van der Waals surface area contributed by atoms with Gasteiger partial charge in [-0.3, -0.25) is 19.2 Å². The zero-order valence-electron chi connectivity index (χ0n) is 15.2. The molecular weight excluding hydrogens is 342 g/mol. The Morgan fingerprint density at radius 1 is 0.800 bits per heavy atom. The second-order valence-corrected chi connectivity index (χ2v) is 3.62. The smallest absolute Gasteiger partial charge is 0.300 e. The van der Waals surface area contributed by atoms with E-state index in [1.807, 2.05) is 6.92 Å². The zero-order valence-corrected chi connectivity index (χ0v) is 15.2. The van der Waals surface area contributed by atoms with Crippen molar-refractivity contribution in [3.63, 3.8) is 0 Å². The molecule has 0 aromatic rings. The lowest BCUT2D eigenvalue weighted by atomic mass is 10.4. The van der Waals surface area contributed by atoms with Crippen molar-refractivity contribution in [1.82, 2.24) is 0 Å². The van der Waals surface area contributed by atoms with Crippen molar-refractivity contribution < 1.29 is 49.8 Å². The maximum atomic E-state index is 9.00. The Morgan fingerprint density at radius 3 is 0.880 bits per heavy atom. The van der Waals surface area contributed by atoms with Crippen LogP contribution in [0.15, 0.2) is 12.7 Å². The van der Waals surface area contributed by atoms with Crippen molar-refractivity contribution in [2.75, 3.05) is 13.2 Å². The van der Waals surface area contributed by atoms with Gasteiger partial charge in [0.25, 0.3) is 23.9 Å². The topological polar surface area (TPSA) is 216 Å². The first kappa shape index (κ1) is 38.2. The highest BCUT2D eigenvalue weighted by molar-refractivity contribution is 5.63. The van der Waals surface area contributed by atoms with Gasteiger partial charge >= 0.3 is 0 Å². The van der Waals surface area contributed by atoms with Gasteiger partial charge in [0, 0.05) is 33.7 Å². The molecule has 0 amide bonds. The standard InChI is InChI=1S/C4H9N.4C2H4O2.C2H6O2/c1-3-4(2)5;4*1-2(3)4;3-1-2-4/h3-4H,1,5H2,2H3;4*1H3,(H,3,4);3-4H,1-2H2. The van der Waals surface area contributed by atoms with Gasteiger partial charge in [0.05, 0.1) is 13.2 Å². The molecule has 152 valence electrons.